The SMILES string of the molecule is CC(C)Cc1ccc(-c2csc(NC(=O)COc3ccccc3)n2)cc1. The first-order valence-corrected chi connectivity index (χ1v) is 9.50. The number of hydrogen-bond donors (Lipinski definition) is 1. The number of para-hydroxylation sites is 1. The Morgan fingerprint density at radius 1 is 1.12 bits per heavy atom. The van der Waals surface area contributed by atoms with E-state index in [1.807, 2.05) is 35.7 Å². The number of carbonyl (C=O) groups is 1. The summed E-state index contributed by atoms with van der Waals surface area (Å²) >= 11 is 1.41. The third-order valence-corrected chi connectivity index (χ3v) is 4.52. The fourth-order valence-corrected chi connectivity index (χ4v) is 3.30. The fraction of sp³-hybridized carbons (Fsp3) is 0.238. The van der Waals surface area contributed by atoms with Crippen molar-refractivity contribution in [3.05, 3.63) is 65.5 Å². The second kappa shape index (κ2) is 8.63. The summed E-state index contributed by atoms with van der Waals surface area (Å²) in [6, 6.07) is 17.7. The Hall–Kier alpha value is -2.66. The van der Waals surface area contributed by atoms with E-state index in [0.29, 0.717) is 16.8 Å². The molecule has 0 spiro atoms. The van der Waals surface area contributed by atoms with Gasteiger partial charge < -0.3 is 4.74 Å². The fourth-order valence-electron chi connectivity index (χ4n) is 2.57. The van der Waals surface area contributed by atoms with Gasteiger partial charge in [-0.3, -0.25) is 10.1 Å². The predicted molar refractivity (Wildman–Crippen MR) is 107 cm³/mol. The van der Waals surface area contributed by atoms with Gasteiger partial charge in [-0.2, -0.15) is 0 Å². The van der Waals surface area contributed by atoms with Gasteiger partial charge in [-0.15, -0.1) is 11.3 Å². The summed E-state index contributed by atoms with van der Waals surface area (Å²) in [5, 5.41) is 5.31. The van der Waals surface area contributed by atoms with Gasteiger partial charge in [0.25, 0.3) is 5.91 Å². The number of benzene rings is 2. The Bertz CT molecular complexity index is 842. The highest BCUT2D eigenvalue weighted by molar-refractivity contribution is 7.14. The summed E-state index contributed by atoms with van der Waals surface area (Å²) < 4.78 is 5.44. The largest absolute Gasteiger partial charge is 0.484 e. The minimum Gasteiger partial charge on any atom is -0.484 e. The normalized spacial score (nSPS) is 10.7. The zero-order chi connectivity index (χ0) is 18.4. The molecule has 26 heavy (non-hydrogen) atoms. The van der Waals surface area contributed by atoms with Crippen molar-refractivity contribution < 1.29 is 9.53 Å². The van der Waals surface area contributed by atoms with Crippen LogP contribution in [0, 0.1) is 5.92 Å². The second-order valence-corrected chi connectivity index (χ2v) is 7.34. The van der Waals surface area contributed by atoms with Crippen molar-refractivity contribution in [3.8, 4) is 17.0 Å². The Morgan fingerprint density at radius 3 is 2.54 bits per heavy atom. The molecule has 1 amide bonds. The van der Waals surface area contributed by atoms with E-state index in [0.717, 1.165) is 17.7 Å². The number of hydrogen-bond acceptors (Lipinski definition) is 4. The minimum absolute atomic E-state index is 0.0389. The van der Waals surface area contributed by atoms with Gasteiger partial charge in [0, 0.05) is 10.9 Å². The van der Waals surface area contributed by atoms with Crippen molar-refractivity contribution in [1.82, 2.24) is 4.98 Å². The molecule has 3 rings (SSSR count). The molecular formula is C21H22N2O2S. The summed E-state index contributed by atoms with van der Waals surface area (Å²) in [4.78, 5) is 16.5. The molecule has 3 aromatic rings. The molecule has 134 valence electrons. The van der Waals surface area contributed by atoms with Gasteiger partial charge in [-0.05, 0) is 30.0 Å². The number of thiazole rings is 1. The zero-order valence-electron chi connectivity index (χ0n) is 14.9. The van der Waals surface area contributed by atoms with Gasteiger partial charge in [0.1, 0.15) is 5.75 Å². The monoisotopic (exact) mass is 366 g/mol. The van der Waals surface area contributed by atoms with Gasteiger partial charge in [0.05, 0.1) is 5.69 Å². The van der Waals surface area contributed by atoms with Crippen LogP contribution >= 0.6 is 11.3 Å². The van der Waals surface area contributed by atoms with E-state index in [1.54, 1.807) is 0 Å². The van der Waals surface area contributed by atoms with Crippen LogP contribution in [-0.4, -0.2) is 17.5 Å². The van der Waals surface area contributed by atoms with E-state index < -0.39 is 0 Å². The van der Waals surface area contributed by atoms with Crippen LogP contribution in [0.4, 0.5) is 5.13 Å². The third-order valence-electron chi connectivity index (χ3n) is 3.76. The lowest BCUT2D eigenvalue weighted by atomic mass is 10.0. The molecule has 0 aliphatic heterocycles. The number of ether oxygens (including phenoxy) is 1. The summed E-state index contributed by atoms with van der Waals surface area (Å²) in [6.45, 7) is 4.39. The highest BCUT2D eigenvalue weighted by Crippen LogP contribution is 2.25. The van der Waals surface area contributed by atoms with Gasteiger partial charge in [-0.25, -0.2) is 4.98 Å². The molecule has 0 atom stereocenters. The number of aromatic nitrogens is 1. The van der Waals surface area contributed by atoms with E-state index in [4.69, 9.17) is 4.74 Å². The molecule has 5 heteroatoms. The number of anilines is 1. The van der Waals surface area contributed by atoms with E-state index in [-0.39, 0.29) is 12.5 Å². The maximum absolute atomic E-state index is 12.0. The zero-order valence-corrected chi connectivity index (χ0v) is 15.8. The van der Waals surface area contributed by atoms with Crippen LogP contribution in [0.1, 0.15) is 19.4 Å². The molecule has 1 N–H and O–H groups in total. The summed E-state index contributed by atoms with van der Waals surface area (Å²) in [6.07, 6.45) is 1.07. The minimum atomic E-state index is -0.220. The Morgan fingerprint density at radius 2 is 1.85 bits per heavy atom. The van der Waals surface area contributed by atoms with E-state index in [1.165, 1.54) is 16.9 Å². The highest BCUT2D eigenvalue weighted by Gasteiger charge is 2.09. The lowest BCUT2D eigenvalue weighted by Crippen LogP contribution is -2.19. The van der Waals surface area contributed by atoms with Crippen LogP contribution in [-0.2, 0) is 11.2 Å². The molecule has 0 unspecified atom stereocenters. The molecule has 1 aromatic heterocycles. The molecule has 0 saturated carbocycles. The average molecular weight is 366 g/mol. The van der Waals surface area contributed by atoms with Crippen LogP contribution in [0.2, 0.25) is 0 Å². The van der Waals surface area contributed by atoms with Gasteiger partial charge >= 0.3 is 0 Å². The van der Waals surface area contributed by atoms with Crippen molar-refractivity contribution in [1.29, 1.82) is 0 Å². The maximum atomic E-state index is 12.0. The van der Waals surface area contributed by atoms with Gasteiger partial charge in [0.2, 0.25) is 0 Å². The van der Waals surface area contributed by atoms with Crippen LogP contribution in [0.15, 0.2) is 60.0 Å². The quantitative estimate of drug-likeness (QED) is 0.638. The molecular weight excluding hydrogens is 344 g/mol. The van der Waals surface area contributed by atoms with Gasteiger partial charge in [-0.1, -0.05) is 56.3 Å². The van der Waals surface area contributed by atoms with Crippen molar-refractivity contribution in [2.45, 2.75) is 20.3 Å². The van der Waals surface area contributed by atoms with Crippen molar-refractivity contribution >= 4 is 22.4 Å². The highest BCUT2D eigenvalue weighted by atomic mass is 32.1. The van der Waals surface area contributed by atoms with Crippen LogP contribution in [0.5, 0.6) is 5.75 Å². The predicted octanol–water partition coefficient (Wildman–Crippen LogP) is 5.03. The van der Waals surface area contributed by atoms with Crippen molar-refractivity contribution in [2.24, 2.45) is 5.92 Å². The lowest BCUT2D eigenvalue weighted by Gasteiger charge is -2.06. The molecule has 2 aromatic carbocycles. The Balaban J connectivity index is 1.56. The first-order valence-electron chi connectivity index (χ1n) is 8.62. The van der Waals surface area contributed by atoms with Crippen LogP contribution in [0.25, 0.3) is 11.3 Å². The second-order valence-electron chi connectivity index (χ2n) is 6.48. The number of amides is 1. The summed E-state index contributed by atoms with van der Waals surface area (Å²) in [5.74, 6) is 1.09. The molecule has 4 nitrogen and oxygen atoms in total. The molecule has 1 heterocycles. The molecule has 0 bridgehead atoms. The Labute approximate surface area is 157 Å². The number of carbonyl (C=O) groups excluding carboxylic acids is 1. The van der Waals surface area contributed by atoms with Crippen LogP contribution < -0.4 is 10.1 Å². The molecule has 0 aliphatic carbocycles. The van der Waals surface area contributed by atoms with Gasteiger partial charge in [0.15, 0.2) is 11.7 Å². The van der Waals surface area contributed by atoms with Crippen LogP contribution in [0.3, 0.4) is 0 Å². The van der Waals surface area contributed by atoms with E-state index in [2.05, 4.69) is 48.4 Å². The smallest absolute Gasteiger partial charge is 0.264 e. The molecule has 0 saturated heterocycles. The van der Waals surface area contributed by atoms with E-state index >= 15 is 0 Å². The average Bonchev–Trinajstić information content (AvgIpc) is 3.09. The molecule has 0 radical (unpaired) electrons. The van der Waals surface area contributed by atoms with Crippen molar-refractivity contribution in [2.75, 3.05) is 11.9 Å². The maximum Gasteiger partial charge on any atom is 0.264 e. The first kappa shape index (κ1) is 18.1. The first-order chi connectivity index (χ1) is 12.6. The van der Waals surface area contributed by atoms with Crippen molar-refractivity contribution in [3.63, 3.8) is 0 Å². The number of nitrogens with zero attached hydrogens (tertiary/aromatic N) is 1. The standard InChI is InChI=1S/C21H22N2O2S/c1-15(2)12-16-8-10-17(11-9-16)19-14-26-21(22-19)23-20(24)13-25-18-6-4-3-5-7-18/h3-11,14-15H,12-13H2,1-2H3,(H,22,23,24). The van der Waals surface area contributed by atoms with E-state index in [9.17, 15) is 4.79 Å². The topological polar surface area (TPSA) is 51.2 Å². The molecule has 0 fully saturated rings. The summed E-state index contributed by atoms with van der Waals surface area (Å²) in [7, 11) is 0. The lowest BCUT2D eigenvalue weighted by molar-refractivity contribution is -0.118. The number of nitrogens with one attached hydrogen (secondary N) is 1. The summed E-state index contributed by atoms with van der Waals surface area (Å²) in [5.41, 5.74) is 3.24. The third kappa shape index (κ3) is 5.17. The number of rotatable bonds is 7. The Kier molecular flexibility index (Phi) is 6.02. The molecule has 0 aliphatic rings.